The Morgan fingerprint density at radius 3 is 2.68 bits per heavy atom. The van der Waals surface area contributed by atoms with Crippen LogP contribution < -0.4 is 5.32 Å². The largest absolute Gasteiger partial charge is 0.479 e. The van der Waals surface area contributed by atoms with Crippen molar-refractivity contribution in [2.75, 3.05) is 6.61 Å². The molecule has 1 heterocycles. The number of carbonyl (C=O) groups is 2. The van der Waals surface area contributed by atoms with Crippen LogP contribution in [-0.4, -0.2) is 33.7 Å². The molecule has 0 unspecified atom stereocenters. The number of carboxylic acids is 1. The topological polar surface area (TPSA) is 115 Å². The highest BCUT2D eigenvalue weighted by Crippen LogP contribution is 2.12. The molecule has 0 bridgehead atoms. The quantitative estimate of drug-likeness (QED) is 0.778. The Balaban J connectivity index is 1.85. The molecule has 2 rings (SSSR count). The van der Waals surface area contributed by atoms with E-state index in [1.54, 1.807) is 37.3 Å². The lowest BCUT2D eigenvalue weighted by molar-refractivity contribution is -0.142. The van der Waals surface area contributed by atoms with E-state index in [1.807, 2.05) is 0 Å². The summed E-state index contributed by atoms with van der Waals surface area (Å²) in [5, 5.41) is 15.2. The van der Waals surface area contributed by atoms with Crippen LogP contribution in [0.25, 0.3) is 0 Å². The van der Waals surface area contributed by atoms with E-state index in [9.17, 15) is 14.7 Å². The van der Waals surface area contributed by atoms with Crippen LogP contribution >= 0.6 is 0 Å². The monoisotopic (exact) mass is 305 g/mol. The number of aliphatic carboxylic acids is 1. The van der Waals surface area contributed by atoms with Gasteiger partial charge in [0.1, 0.15) is 13.2 Å². The number of nitrogens with one attached hydrogen (secondary N) is 1. The van der Waals surface area contributed by atoms with Gasteiger partial charge in [-0.3, -0.25) is 4.79 Å². The van der Waals surface area contributed by atoms with E-state index in [0.717, 1.165) is 0 Å². The summed E-state index contributed by atoms with van der Waals surface area (Å²) in [5.41, 5.74) is 0.482. The first-order valence-electron chi connectivity index (χ1n) is 6.50. The van der Waals surface area contributed by atoms with Gasteiger partial charge in [-0.05, 0) is 12.5 Å². The zero-order valence-electron chi connectivity index (χ0n) is 11.9. The van der Waals surface area contributed by atoms with Gasteiger partial charge in [-0.15, -0.1) is 0 Å². The van der Waals surface area contributed by atoms with Gasteiger partial charge in [-0.1, -0.05) is 35.5 Å². The summed E-state index contributed by atoms with van der Waals surface area (Å²) < 4.78 is 9.93. The Hall–Kier alpha value is -2.74. The number of amides is 1. The molecule has 0 radical (unpaired) electrons. The molecule has 1 atom stereocenters. The molecular formula is C14H15N3O5. The Labute approximate surface area is 126 Å². The highest BCUT2D eigenvalue weighted by Gasteiger charge is 2.21. The Kier molecular flexibility index (Phi) is 5.21. The van der Waals surface area contributed by atoms with Crippen molar-refractivity contribution in [1.82, 2.24) is 15.5 Å². The second-order valence-corrected chi connectivity index (χ2v) is 4.48. The second-order valence-electron chi connectivity index (χ2n) is 4.48. The summed E-state index contributed by atoms with van der Waals surface area (Å²) in [5.74, 6) is -0.971. The molecule has 0 spiro atoms. The normalized spacial score (nSPS) is 11.9. The van der Waals surface area contributed by atoms with Gasteiger partial charge in [0.25, 0.3) is 5.89 Å². The van der Waals surface area contributed by atoms with E-state index in [-0.39, 0.29) is 19.1 Å². The Morgan fingerprint density at radius 2 is 2.09 bits per heavy atom. The third kappa shape index (κ3) is 4.38. The lowest BCUT2D eigenvalue weighted by atomic mass is 10.1. The molecule has 0 fully saturated rings. The summed E-state index contributed by atoms with van der Waals surface area (Å²) in [7, 11) is 0. The highest BCUT2D eigenvalue weighted by molar-refractivity contribution is 5.85. The third-order valence-corrected chi connectivity index (χ3v) is 2.71. The smallest absolute Gasteiger partial charge is 0.330 e. The van der Waals surface area contributed by atoms with Gasteiger partial charge in [-0.2, -0.15) is 4.98 Å². The molecule has 0 saturated carbocycles. The maximum atomic E-state index is 11.8. The molecule has 22 heavy (non-hydrogen) atoms. The number of rotatable bonds is 7. The molecule has 0 aliphatic carbocycles. The van der Waals surface area contributed by atoms with Crippen LogP contribution in [0.2, 0.25) is 0 Å². The van der Waals surface area contributed by atoms with Gasteiger partial charge in [0.15, 0.2) is 11.9 Å². The van der Waals surface area contributed by atoms with Crippen molar-refractivity contribution < 1.29 is 24.0 Å². The lowest BCUT2D eigenvalue weighted by Crippen LogP contribution is -2.36. The lowest BCUT2D eigenvalue weighted by Gasteiger charge is -2.14. The minimum Gasteiger partial charge on any atom is -0.479 e. The van der Waals surface area contributed by atoms with Crippen molar-refractivity contribution in [3.63, 3.8) is 0 Å². The van der Waals surface area contributed by atoms with Crippen LogP contribution in [0.15, 0.2) is 34.9 Å². The fourth-order valence-electron chi connectivity index (χ4n) is 1.77. The molecule has 0 saturated heterocycles. The fraction of sp³-hybridized carbons (Fsp3) is 0.286. The number of carboxylic acid groups (broad SMARTS) is 1. The third-order valence-electron chi connectivity index (χ3n) is 2.71. The van der Waals surface area contributed by atoms with Gasteiger partial charge in [0.05, 0.1) is 0 Å². The number of hydrogen-bond donors (Lipinski definition) is 2. The molecule has 0 aliphatic heterocycles. The summed E-state index contributed by atoms with van der Waals surface area (Å²) in [6, 6.07) is 7.29. The van der Waals surface area contributed by atoms with Crippen molar-refractivity contribution >= 4 is 11.9 Å². The Bertz CT molecular complexity index is 641. The molecule has 8 heteroatoms. The number of nitrogens with zero attached hydrogens (tertiary/aromatic N) is 2. The minimum absolute atomic E-state index is 0.0165. The summed E-state index contributed by atoms with van der Waals surface area (Å²) >= 11 is 0. The zero-order valence-corrected chi connectivity index (χ0v) is 11.9. The van der Waals surface area contributed by atoms with E-state index >= 15 is 0 Å². The van der Waals surface area contributed by atoms with Crippen LogP contribution in [0.1, 0.15) is 23.3 Å². The number of aryl methyl sites for hydroxylation is 1. The van der Waals surface area contributed by atoms with Gasteiger partial charge < -0.3 is 19.7 Å². The Morgan fingerprint density at radius 1 is 1.36 bits per heavy atom. The predicted octanol–water partition coefficient (Wildman–Crippen LogP) is 0.837. The molecule has 2 N–H and O–H groups in total. The molecule has 1 amide bonds. The number of carbonyl (C=O) groups excluding carboxylic acids is 1. The van der Waals surface area contributed by atoms with Crippen LogP contribution in [0, 0.1) is 6.92 Å². The number of ether oxygens (including phenoxy) is 1. The molecule has 116 valence electrons. The highest BCUT2D eigenvalue weighted by atomic mass is 16.5. The first kappa shape index (κ1) is 15.6. The molecule has 1 aromatic carbocycles. The summed E-state index contributed by atoms with van der Waals surface area (Å²) in [4.78, 5) is 26.9. The van der Waals surface area contributed by atoms with Crippen molar-refractivity contribution in [2.45, 2.75) is 19.6 Å². The minimum atomic E-state index is -1.15. The fourth-order valence-corrected chi connectivity index (χ4v) is 1.77. The van der Waals surface area contributed by atoms with Crippen LogP contribution in [0.3, 0.4) is 0 Å². The van der Waals surface area contributed by atoms with Gasteiger partial charge >= 0.3 is 5.97 Å². The molecular weight excluding hydrogens is 290 g/mol. The van der Waals surface area contributed by atoms with E-state index in [4.69, 9.17) is 9.26 Å². The van der Waals surface area contributed by atoms with Gasteiger partial charge in [0.2, 0.25) is 5.91 Å². The molecule has 8 nitrogen and oxygen atoms in total. The van der Waals surface area contributed by atoms with Gasteiger partial charge in [0, 0.05) is 0 Å². The van der Waals surface area contributed by atoms with Crippen molar-refractivity contribution in [1.29, 1.82) is 0 Å². The average Bonchev–Trinajstić information content (AvgIpc) is 2.91. The first-order valence-corrected chi connectivity index (χ1v) is 6.50. The maximum Gasteiger partial charge on any atom is 0.330 e. The number of hydrogen-bond acceptors (Lipinski definition) is 6. The van der Waals surface area contributed by atoms with E-state index in [1.165, 1.54) is 0 Å². The SMILES string of the molecule is Cc1noc(COCC(=O)N[C@@H](C(=O)O)c2ccccc2)n1. The zero-order chi connectivity index (χ0) is 15.9. The van der Waals surface area contributed by atoms with Crippen molar-refractivity contribution in [3.8, 4) is 0 Å². The predicted molar refractivity (Wildman–Crippen MR) is 73.7 cm³/mol. The standard InChI is InChI=1S/C14H15N3O5/c1-9-15-12(22-17-9)8-21-7-11(18)16-13(14(19)20)10-5-3-2-4-6-10/h2-6,13H,7-8H2,1H3,(H,16,18)(H,19,20)/t13-/m1/s1. The van der Waals surface area contributed by atoms with Crippen molar-refractivity contribution in [3.05, 3.63) is 47.6 Å². The number of aromatic nitrogens is 2. The molecule has 2 aromatic rings. The first-order chi connectivity index (χ1) is 10.6. The van der Waals surface area contributed by atoms with Crippen LogP contribution in [0.4, 0.5) is 0 Å². The van der Waals surface area contributed by atoms with Crippen LogP contribution in [0.5, 0.6) is 0 Å². The van der Waals surface area contributed by atoms with Gasteiger partial charge in [-0.25, -0.2) is 4.79 Å². The van der Waals surface area contributed by atoms with E-state index in [0.29, 0.717) is 11.4 Å². The summed E-state index contributed by atoms with van der Waals surface area (Å²) in [6.07, 6.45) is 0. The molecule has 0 aliphatic rings. The van der Waals surface area contributed by atoms with Crippen LogP contribution in [-0.2, 0) is 20.9 Å². The van der Waals surface area contributed by atoms with Crippen molar-refractivity contribution in [2.24, 2.45) is 0 Å². The van der Waals surface area contributed by atoms with E-state index in [2.05, 4.69) is 15.5 Å². The maximum absolute atomic E-state index is 11.8. The van der Waals surface area contributed by atoms with E-state index < -0.39 is 17.9 Å². The number of benzene rings is 1. The summed E-state index contributed by atoms with van der Waals surface area (Å²) in [6.45, 7) is 1.34. The average molecular weight is 305 g/mol. The molecule has 1 aromatic heterocycles. The second kappa shape index (κ2) is 7.32.